The van der Waals surface area contributed by atoms with Gasteiger partial charge in [0.1, 0.15) is 6.61 Å². The van der Waals surface area contributed by atoms with Gasteiger partial charge < -0.3 is 19.9 Å². The normalized spacial score (nSPS) is 15.2. The highest BCUT2D eigenvalue weighted by atomic mass is 35.5. The first kappa shape index (κ1) is 33.7. The van der Waals surface area contributed by atoms with E-state index in [1.807, 2.05) is 80.7 Å². The van der Waals surface area contributed by atoms with Crippen LogP contribution >= 0.6 is 35.6 Å². The molecule has 1 heterocycles. The van der Waals surface area contributed by atoms with Crippen molar-refractivity contribution in [1.29, 1.82) is 0 Å². The SMILES string of the molecule is CCNC(=O)OCC1(c2ccccc2)CCN(CCC(CN(C)C(=O)c2ccccc2)c2ccc(Cl)c(Cl)c2)CC1.Cl. The van der Waals surface area contributed by atoms with E-state index in [1.54, 1.807) is 4.90 Å². The van der Waals surface area contributed by atoms with Crippen LogP contribution in [0.2, 0.25) is 10.0 Å². The van der Waals surface area contributed by atoms with Crippen molar-refractivity contribution >= 4 is 47.6 Å². The fraction of sp³-hybridized carbons (Fsp3) is 0.394. The highest BCUT2D eigenvalue weighted by Crippen LogP contribution is 2.37. The lowest BCUT2D eigenvalue weighted by Crippen LogP contribution is -2.46. The topological polar surface area (TPSA) is 61.9 Å². The summed E-state index contributed by atoms with van der Waals surface area (Å²) in [7, 11) is 1.85. The lowest BCUT2D eigenvalue weighted by molar-refractivity contribution is 0.0727. The number of alkyl carbamates (subject to hydrolysis) is 1. The molecule has 0 radical (unpaired) electrons. The summed E-state index contributed by atoms with van der Waals surface area (Å²) < 4.78 is 5.67. The fourth-order valence-corrected chi connectivity index (χ4v) is 5.90. The zero-order valence-corrected chi connectivity index (χ0v) is 26.6. The summed E-state index contributed by atoms with van der Waals surface area (Å²) >= 11 is 12.6. The molecular formula is C33H40Cl3N3O3. The first-order chi connectivity index (χ1) is 19.8. The molecule has 6 nitrogen and oxygen atoms in total. The van der Waals surface area contributed by atoms with Crippen molar-refractivity contribution in [3.8, 4) is 0 Å². The van der Waals surface area contributed by atoms with Gasteiger partial charge in [-0.25, -0.2) is 4.79 Å². The van der Waals surface area contributed by atoms with E-state index in [-0.39, 0.29) is 35.7 Å². The van der Waals surface area contributed by atoms with E-state index in [4.69, 9.17) is 27.9 Å². The minimum atomic E-state index is -0.371. The number of piperidine rings is 1. The molecule has 1 aliphatic heterocycles. The molecule has 0 aliphatic carbocycles. The van der Waals surface area contributed by atoms with E-state index in [0.29, 0.717) is 35.3 Å². The summed E-state index contributed by atoms with van der Waals surface area (Å²) in [4.78, 5) is 29.5. The lowest BCUT2D eigenvalue weighted by atomic mass is 9.73. The molecule has 1 saturated heterocycles. The number of nitrogens with one attached hydrogen (secondary N) is 1. The van der Waals surface area contributed by atoms with Gasteiger partial charge in [0, 0.05) is 37.0 Å². The second kappa shape index (κ2) is 16.2. The number of hydrogen-bond acceptors (Lipinski definition) is 4. The zero-order valence-electron chi connectivity index (χ0n) is 24.2. The molecule has 4 rings (SSSR count). The molecule has 226 valence electrons. The number of likely N-dealkylation sites (N-methyl/N-ethyl adjacent to an activating group) is 1. The van der Waals surface area contributed by atoms with Crippen LogP contribution in [0.1, 0.15) is 53.6 Å². The predicted molar refractivity (Wildman–Crippen MR) is 173 cm³/mol. The zero-order chi connectivity index (χ0) is 29.2. The molecule has 1 unspecified atom stereocenters. The summed E-state index contributed by atoms with van der Waals surface area (Å²) in [5.41, 5.74) is 2.73. The highest BCUT2D eigenvalue weighted by Gasteiger charge is 2.37. The van der Waals surface area contributed by atoms with Gasteiger partial charge in [-0.15, -0.1) is 12.4 Å². The van der Waals surface area contributed by atoms with Crippen LogP contribution in [0.15, 0.2) is 78.9 Å². The van der Waals surface area contributed by atoms with Crippen molar-refractivity contribution < 1.29 is 14.3 Å². The van der Waals surface area contributed by atoms with Crippen molar-refractivity contribution in [2.75, 3.05) is 46.4 Å². The Morgan fingerprint density at radius 2 is 1.62 bits per heavy atom. The Morgan fingerprint density at radius 1 is 0.976 bits per heavy atom. The molecule has 0 saturated carbocycles. The van der Waals surface area contributed by atoms with E-state index in [0.717, 1.165) is 44.5 Å². The Bertz CT molecular complexity index is 1290. The predicted octanol–water partition coefficient (Wildman–Crippen LogP) is 7.44. The average molecular weight is 633 g/mol. The highest BCUT2D eigenvalue weighted by molar-refractivity contribution is 6.42. The molecule has 0 spiro atoms. The molecule has 2 amide bonds. The van der Waals surface area contributed by atoms with Gasteiger partial charge in [0.15, 0.2) is 0 Å². The fourth-order valence-electron chi connectivity index (χ4n) is 5.59. The number of hydrogen-bond donors (Lipinski definition) is 1. The number of amides is 2. The molecule has 3 aromatic carbocycles. The quantitative estimate of drug-likeness (QED) is 0.239. The number of ether oxygens (including phenoxy) is 1. The summed E-state index contributed by atoms with van der Waals surface area (Å²) in [5.74, 6) is 0.0812. The van der Waals surface area contributed by atoms with E-state index in [2.05, 4.69) is 22.3 Å². The summed E-state index contributed by atoms with van der Waals surface area (Å²) in [6.07, 6.45) is 2.27. The molecule has 42 heavy (non-hydrogen) atoms. The van der Waals surface area contributed by atoms with Crippen molar-refractivity contribution in [1.82, 2.24) is 15.1 Å². The second-order valence-electron chi connectivity index (χ2n) is 10.8. The third kappa shape index (κ3) is 8.87. The number of likely N-dealkylation sites (tertiary alicyclic amines) is 1. The van der Waals surface area contributed by atoms with Crippen LogP contribution in [-0.4, -0.2) is 68.2 Å². The molecule has 1 N–H and O–H groups in total. The number of nitrogens with zero attached hydrogens (tertiary/aromatic N) is 2. The molecule has 1 atom stereocenters. The number of carbonyl (C=O) groups is 2. The molecule has 3 aromatic rings. The standard InChI is InChI=1S/C33H39Cl2N3O3.ClH/c1-3-36-32(40)41-24-33(28-12-8-5-9-13-28)17-20-38(21-18-33)19-16-27(26-14-15-29(34)30(35)22-26)23-37(2)31(39)25-10-6-4-7-11-25;/h4-15,22,27H,3,16-21,23-24H2,1-2H3,(H,36,40);1H. The van der Waals surface area contributed by atoms with Gasteiger partial charge in [0.05, 0.1) is 10.0 Å². The molecule has 0 bridgehead atoms. The maximum Gasteiger partial charge on any atom is 0.407 e. The van der Waals surface area contributed by atoms with Crippen molar-refractivity contribution in [2.24, 2.45) is 0 Å². The molecule has 1 fully saturated rings. The number of carbonyl (C=O) groups excluding carboxylic acids is 2. The Morgan fingerprint density at radius 3 is 2.24 bits per heavy atom. The van der Waals surface area contributed by atoms with Crippen LogP contribution in [0.5, 0.6) is 0 Å². The minimum absolute atomic E-state index is 0. The van der Waals surface area contributed by atoms with Crippen LogP contribution in [-0.2, 0) is 10.2 Å². The first-order valence-corrected chi connectivity index (χ1v) is 15.0. The molecule has 0 aromatic heterocycles. The van der Waals surface area contributed by atoms with Crippen LogP contribution in [0.4, 0.5) is 4.79 Å². The van der Waals surface area contributed by atoms with Gasteiger partial charge in [-0.1, -0.05) is 77.8 Å². The number of halogens is 3. The van der Waals surface area contributed by atoms with Crippen LogP contribution in [0.3, 0.4) is 0 Å². The lowest BCUT2D eigenvalue weighted by Gasteiger charge is -2.42. The van der Waals surface area contributed by atoms with E-state index < -0.39 is 0 Å². The Balaban J connectivity index is 0.00000484. The first-order valence-electron chi connectivity index (χ1n) is 14.3. The van der Waals surface area contributed by atoms with Gasteiger partial charge in [-0.2, -0.15) is 0 Å². The number of benzene rings is 3. The largest absolute Gasteiger partial charge is 0.449 e. The molecule has 1 aliphatic rings. The second-order valence-corrected chi connectivity index (χ2v) is 11.6. The van der Waals surface area contributed by atoms with Gasteiger partial charge in [-0.05, 0) is 81.2 Å². The van der Waals surface area contributed by atoms with Crippen LogP contribution in [0, 0.1) is 0 Å². The maximum absolute atomic E-state index is 13.1. The van der Waals surface area contributed by atoms with Crippen LogP contribution in [0.25, 0.3) is 0 Å². The monoisotopic (exact) mass is 631 g/mol. The van der Waals surface area contributed by atoms with Gasteiger partial charge in [0.2, 0.25) is 0 Å². The van der Waals surface area contributed by atoms with Gasteiger partial charge in [0.25, 0.3) is 5.91 Å². The summed E-state index contributed by atoms with van der Waals surface area (Å²) in [5, 5.41) is 3.77. The van der Waals surface area contributed by atoms with Crippen molar-refractivity contribution in [3.63, 3.8) is 0 Å². The smallest absolute Gasteiger partial charge is 0.407 e. The van der Waals surface area contributed by atoms with E-state index in [9.17, 15) is 9.59 Å². The van der Waals surface area contributed by atoms with Crippen molar-refractivity contribution in [3.05, 3.63) is 106 Å². The average Bonchev–Trinajstić information content (AvgIpc) is 3.00. The number of rotatable bonds is 11. The van der Waals surface area contributed by atoms with Gasteiger partial charge >= 0.3 is 6.09 Å². The Hall–Kier alpha value is -2.77. The van der Waals surface area contributed by atoms with Gasteiger partial charge in [-0.3, -0.25) is 4.79 Å². The molecular weight excluding hydrogens is 593 g/mol. The third-order valence-corrected chi connectivity index (χ3v) is 8.81. The summed E-state index contributed by atoms with van der Waals surface area (Å²) in [6, 6.07) is 25.5. The van der Waals surface area contributed by atoms with Crippen molar-refractivity contribution in [2.45, 2.75) is 37.5 Å². The third-order valence-electron chi connectivity index (χ3n) is 8.07. The van der Waals surface area contributed by atoms with E-state index >= 15 is 0 Å². The molecule has 9 heteroatoms. The van der Waals surface area contributed by atoms with E-state index in [1.165, 1.54) is 5.56 Å². The Kier molecular flexibility index (Phi) is 13.0. The minimum Gasteiger partial charge on any atom is -0.449 e. The van der Waals surface area contributed by atoms with Crippen LogP contribution < -0.4 is 5.32 Å². The summed E-state index contributed by atoms with van der Waals surface area (Å²) in [6.45, 7) is 5.99. The maximum atomic E-state index is 13.1. The Labute approximate surface area is 265 Å².